The molecule has 0 radical (unpaired) electrons. The van der Waals surface area contributed by atoms with Crippen molar-refractivity contribution < 1.29 is 9.90 Å². The molecule has 1 N–H and O–H groups in total. The predicted octanol–water partition coefficient (Wildman–Crippen LogP) is 4.70. The molecule has 0 saturated carbocycles. The molecule has 3 heteroatoms. The smallest absolute Gasteiger partial charge is 0.169 e. The maximum atomic E-state index is 13.1. The molecule has 0 saturated heterocycles. The molecule has 25 heavy (non-hydrogen) atoms. The minimum Gasteiger partial charge on any atom is -0.507 e. The molecule has 0 aromatic heterocycles. The Bertz CT molecular complexity index is 834. The standard InChI is InChI=1S/C22H23NO2/c1-3-17-15(2)23-21(18-11-7-8-12-20(18)24)19(22(17)25)14-13-16-9-5-4-6-10-16/h4-12,19,24H,3,13-14H2,1-2H3. The van der Waals surface area contributed by atoms with Crippen molar-refractivity contribution in [3.63, 3.8) is 0 Å². The van der Waals surface area contributed by atoms with Gasteiger partial charge < -0.3 is 5.11 Å². The fraction of sp³-hybridized carbons (Fsp3) is 0.273. The van der Waals surface area contributed by atoms with Crippen LogP contribution in [0.15, 0.2) is 70.9 Å². The summed E-state index contributed by atoms with van der Waals surface area (Å²) in [5, 5.41) is 10.3. The van der Waals surface area contributed by atoms with Crippen LogP contribution in [0.3, 0.4) is 0 Å². The van der Waals surface area contributed by atoms with Crippen molar-refractivity contribution in [2.75, 3.05) is 0 Å². The van der Waals surface area contributed by atoms with Crippen LogP contribution in [0, 0.1) is 5.92 Å². The summed E-state index contributed by atoms with van der Waals surface area (Å²) in [7, 11) is 0. The van der Waals surface area contributed by atoms with Gasteiger partial charge in [-0.3, -0.25) is 9.79 Å². The van der Waals surface area contributed by atoms with Crippen LogP contribution in [0.1, 0.15) is 37.8 Å². The van der Waals surface area contributed by atoms with E-state index in [0.29, 0.717) is 24.1 Å². The molecule has 3 nitrogen and oxygen atoms in total. The Morgan fingerprint density at radius 1 is 1.04 bits per heavy atom. The summed E-state index contributed by atoms with van der Waals surface area (Å²) in [4.78, 5) is 17.8. The average Bonchev–Trinajstić information content (AvgIpc) is 2.62. The van der Waals surface area contributed by atoms with Crippen LogP contribution < -0.4 is 0 Å². The largest absolute Gasteiger partial charge is 0.507 e. The van der Waals surface area contributed by atoms with Gasteiger partial charge in [0.15, 0.2) is 5.78 Å². The van der Waals surface area contributed by atoms with E-state index in [-0.39, 0.29) is 17.5 Å². The van der Waals surface area contributed by atoms with E-state index in [1.54, 1.807) is 12.1 Å². The van der Waals surface area contributed by atoms with Gasteiger partial charge in [-0.1, -0.05) is 49.4 Å². The van der Waals surface area contributed by atoms with Gasteiger partial charge >= 0.3 is 0 Å². The summed E-state index contributed by atoms with van der Waals surface area (Å²) in [6, 6.07) is 17.3. The second kappa shape index (κ2) is 7.47. The number of carbonyl (C=O) groups is 1. The summed E-state index contributed by atoms with van der Waals surface area (Å²) in [5.74, 6) is 0.00264. The summed E-state index contributed by atoms with van der Waals surface area (Å²) in [6.07, 6.45) is 2.18. The highest BCUT2D eigenvalue weighted by Gasteiger charge is 2.32. The SMILES string of the molecule is CCC1=C(C)N=C(c2ccccc2O)C(CCc2ccccc2)C1=O. The highest BCUT2D eigenvalue weighted by molar-refractivity contribution is 6.21. The minimum absolute atomic E-state index is 0.143. The van der Waals surface area contributed by atoms with E-state index >= 15 is 0 Å². The number of benzene rings is 2. The third-order valence-electron chi connectivity index (χ3n) is 4.77. The van der Waals surface area contributed by atoms with Gasteiger partial charge in [0.25, 0.3) is 0 Å². The zero-order valence-corrected chi connectivity index (χ0v) is 14.7. The summed E-state index contributed by atoms with van der Waals surface area (Å²) in [6.45, 7) is 3.87. The lowest BCUT2D eigenvalue weighted by atomic mass is 9.81. The van der Waals surface area contributed by atoms with Crippen molar-refractivity contribution in [1.82, 2.24) is 0 Å². The summed E-state index contributed by atoms with van der Waals surface area (Å²) in [5.41, 5.74) is 4.12. The number of ketones is 1. The molecule has 1 heterocycles. The Morgan fingerprint density at radius 3 is 2.40 bits per heavy atom. The lowest BCUT2D eigenvalue weighted by Crippen LogP contribution is -2.30. The van der Waals surface area contributed by atoms with E-state index in [4.69, 9.17) is 4.99 Å². The van der Waals surface area contributed by atoms with Crippen molar-refractivity contribution in [3.05, 3.63) is 77.0 Å². The van der Waals surface area contributed by atoms with Crippen molar-refractivity contribution >= 4 is 11.5 Å². The third-order valence-corrected chi connectivity index (χ3v) is 4.77. The maximum Gasteiger partial charge on any atom is 0.169 e. The van der Waals surface area contributed by atoms with Crippen molar-refractivity contribution in [2.45, 2.75) is 33.1 Å². The molecule has 0 spiro atoms. The lowest BCUT2D eigenvalue weighted by molar-refractivity contribution is -0.117. The number of aliphatic imine (C=N–C) groups is 1. The first-order valence-electron chi connectivity index (χ1n) is 8.76. The van der Waals surface area contributed by atoms with Gasteiger partial charge in [0, 0.05) is 16.8 Å². The van der Waals surface area contributed by atoms with Crippen molar-refractivity contribution in [3.8, 4) is 5.75 Å². The van der Waals surface area contributed by atoms with Gasteiger partial charge in [0.1, 0.15) is 5.75 Å². The number of phenolic OH excluding ortho intramolecular Hbond substituents is 1. The van der Waals surface area contributed by atoms with Crippen molar-refractivity contribution in [1.29, 1.82) is 0 Å². The number of rotatable bonds is 5. The number of Topliss-reactive ketones (excluding diaryl/α,β-unsaturated/α-hetero) is 1. The molecule has 2 aromatic rings. The van der Waals surface area contributed by atoms with Gasteiger partial charge in [-0.25, -0.2) is 0 Å². The third kappa shape index (κ3) is 3.55. The van der Waals surface area contributed by atoms with Gasteiger partial charge in [0.2, 0.25) is 0 Å². The predicted molar refractivity (Wildman–Crippen MR) is 101 cm³/mol. The zero-order chi connectivity index (χ0) is 17.8. The van der Waals surface area contributed by atoms with E-state index in [1.807, 2.05) is 44.2 Å². The summed E-state index contributed by atoms with van der Waals surface area (Å²) < 4.78 is 0. The molecule has 1 aliphatic heterocycles. The molecular formula is C22H23NO2. The average molecular weight is 333 g/mol. The van der Waals surface area contributed by atoms with E-state index < -0.39 is 0 Å². The maximum absolute atomic E-state index is 13.1. The second-order valence-electron chi connectivity index (χ2n) is 6.37. The van der Waals surface area contributed by atoms with Crippen LogP contribution in [0.4, 0.5) is 0 Å². The lowest BCUT2D eigenvalue weighted by Gasteiger charge is -2.25. The molecular weight excluding hydrogens is 310 g/mol. The molecule has 3 rings (SSSR count). The van der Waals surface area contributed by atoms with E-state index in [2.05, 4.69) is 12.1 Å². The van der Waals surface area contributed by atoms with Gasteiger partial charge in [0.05, 0.1) is 11.6 Å². The molecule has 0 amide bonds. The van der Waals surface area contributed by atoms with Crippen LogP contribution in [-0.2, 0) is 11.2 Å². The number of aromatic hydroxyl groups is 1. The number of carbonyl (C=O) groups excluding carboxylic acids is 1. The topological polar surface area (TPSA) is 49.7 Å². The zero-order valence-electron chi connectivity index (χ0n) is 14.7. The molecule has 0 fully saturated rings. The number of para-hydroxylation sites is 1. The molecule has 128 valence electrons. The number of hydrogen-bond acceptors (Lipinski definition) is 3. The van der Waals surface area contributed by atoms with E-state index in [0.717, 1.165) is 17.7 Å². The number of allylic oxidation sites excluding steroid dienone is 2. The first-order chi connectivity index (χ1) is 12.1. The molecule has 1 aliphatic rings. The van der Waals surface area contributed by atoms with Gasteiger partial charge in [-0.15, -0.1) is 0 Å². The molecule has 1 unspecified atom stereocenters. The molecule has 0 bridgehead atoms. The molecule has 1 atom stereocenters. The number of phenols is 1. The van der Waals surface area contributed by atoms with E-state index in [1.165, 1.54) is 5.56 Å². The Labute approximate surface area is 148 Å². The number of hydrogen-bond donors (Lipinski definition) is 1. The van der Waals surface area contributed by atoms with E-state index in [9.17, 15) is 9.90 Å². The van der Waals surface area contributed by atoms with Crippen LogP contribution in [0.25, 0.3) is 0 Å². The van der Waals surface area contributed by atoms with Crippen LogP contribution in [0.2, 0.25) is 0 Å². The minimum atomic E-state index is -0.313. The van der Waals surface area contributed by atoms with Gasteiger partial charge in [-0.2, -0.15) is 0 Å². The van der Waals surface area contributed by atoms with Gasteiger partial charge in [-0.05, 0) is 43.9 Å². The highest BCUT2D eigenvalue weighted by atomic mass is 16.3. The second-order valence-corrected chi connectivity index (χ2v) is 6.37. The Balaban J connectivity index is 1.97. The fourth-order valence-electron chi connectivity index (χ4n) is 3.43. The quantitative estimate of drug-likeness (QED) is 0.862. The van der Waals surface area contributed by atoms with Crippen LogP contribution >= 0.6 is 0 Å². The van der Waals surface area contributed by atoms with Crippen LogP contribution in [0.5, 0.6) is 5.75 Å². The summed E-state index contributed by atoms with van der Waals surface area (Å²) >= 11 is 0. The normalized spacial score (nSPS) is 17.6. The monoisotopic (exact) mass is 333 g/mol. The number of aryl methyl sites for hydroxylation is 1. The Kier molecular flexibility index (Phi) is 5.13. The Morgan fingerprint density at radius 2 is 1.72 bits per heavy atom. The fourth-order valence-corrected chi connectivity index (χ4v) is 3.43. The van der Waals surface area contributed by atoms with Crippen molar-refractivity contribution in [2.24, 2.45) is 10.9 Å². The Hall–Kier alpha value is -2.68. The first kappa shape index (κ1) is 17.2. The van der Waals surface area contributed by atoms with Crippen LogP contribution in [-0.4, -0.2) is 16.6 Å². The first-order valence-corrected chi connectivity index (χ1v) is 8.76. The highest BCUT2D eigenvalue weighted by Crippen LogP contribution is 2.31. The molecule has 0 aliphatic carbocycles. The molecule has 2 aromatic carbocycles. The number of nitrogens with zero attached hydrogens (tertiary/aromatic N) is 1.